The third kappa shape index (κ3) is 2.68. The van der Waals surface area contributed by atoms with Crippen LogP contribution in [0.3, 0.4) is 0 Å². The van der Waals surface area contributed by atoms with E-state index in [4.69, 9.17) is 4.74 Å². The molecule has 1 saturated heterocycles. The van der Waals surface area contributed by atoms with Gasteiger partial charge in [-0.15, -0.1) is 0 Å². The molecule has 0 unspecified atom stereocenters. The zero-order valence-electron chi connectivity index (χ0n) is 12.8. The predicted molar refractivity (Wildman–Crippen MR) is 86.9 cm³/mol. The topological polar surface area (TPSA) is 81.0 Å². The second-order valence-electron chi connectivity index (χ2n) is 5.36. The Morgan fingerprint density at radius 1 is 1.09 bits per heavy atom. The standard InChI is InChI=1S/C15H17N7O/c1-21-15-12(9-19-21)14(17-10-18-15)20-11-2-3-13(16-8-11)22-4-6-23-7-5-22/h2-3,8-10H,4-7H2,1H3,(H,17,18,20). The molecule has 118 valence electrons. The quantitative estimate of drug-likeness (QED) is 0.781. The van der Waals surface area contributed by atoms with E-state index in [0.29, 0.717) is 0 Å². The van der Waals surface area contributed by atoms with E-state index in [1.165, 1.54) is 6.33 Å². The molecule has 0 saturated carbocycles. The van der Waals surface area contributed by atoms with Gasteiger partial charge in [0.2, 0.25) is 0 Å². The molecule has 1 N–H and O–H groups in total. The number of rotatable bonds is 3. The fourth-order valence-electron chi connectivity index (χ4n) is 2.64. The van der Waals surface area contributed by atoms with Crippen molar-refractivity contribution in [1.29, 1.82) is 0 Å². The van der Waals surface area contributed by atoms with Crippen molar-refractivity contribution >= 4 is 28.4 Å². The van der Waals surface area contributed by atoms with Crippen LogP contribution in [0.4, 0.5) is 17.3 Å². The Bertz CT molecular complexity index is 808. The molecule has 1 aliphatic rings. The molecule has 23 heavy (non-hydrogen) atoms. The Hall–Kier alpha value is -2.74. The summed E-state index contributed by atoms with van der Waals surface area (Å²) >= 11 is 0. The van der Waals surface area contributed by atoms with Crippen molar-refractivity contribution < 1.29 is 4.74 Å². The lowest BCUT2D eigenvalue weighted by molar-refractivity contribution is 0.122. The molecule has 4 rings (SSSR count). The minimum atomic E-state index is 0.726. The van der Waals surface area contributed by atoms with E-state index in [9.17, 15) is 0 Å². The van der Waals surface area contributed by atoms with E-state index >= 15 is 0 Å². The molecule has 0 bridgehead atoms. The van der Waals surface area contributed by atoms with Crippen LogP contribution in [0.15, 0.2) is 30.9 Å². The van der Waals surface area contributed by atoms with Gasteiger partial charge in [0.05, 0.1) is 36.7 Å². The number of ether oxygens (including phenoxy) is 1. The minimum Gasteiger partial charge on any atom is -0.378 e. The van der Waals surface area contributed by atoms with Crippen molar-refractivity contribution in [1.82, 2.24) is 24.7 Å². The number of pyridine rings is 1. The normalized spacial score (nSPS) is 15.1. The predicted octanol–water partition coefficient (Wildman–Crippen LogP) is 1.34. The molecule has 1 fully saturated rings. The Balaban J connectivity index is 1.56. The fourth-order valence-corrected chi connectivity index (χ4v) is 2.64. The number of nitrogens with one attached hydrogen (secondary N) is 1. The summed E-state index contributed by atoms with van der Waals surface area (Å²) in [5.74, 6) is 1.69. The maximum atomic E-state index is 5.36. The summed E-state index contributed by atoms with van der Waals surface area (Å²) in [5, 5.41) is 8.38. The second kappa shape index (κ2) is 5.81. The Morgan fingerprint density at radius 2 is 1.96 bits per heavy atom. The highest BCUT2D eigenvalue weighted by Gasteiger charge is 2.12. The zero-order valence-corrected chi connectivity index (χ0v) is 12.8. The zero-order chi connectivity index (χ0) is 15.6. The number of aryl methyl sites for hydroxylation is 1. The van der Waals surface area contributed by atoms with Crippen molar-refractivity contribution in [3.63, 3.8) is 0 Å². The molecular formula is C15H17N7O. The van der Waals surface area contributed by atoms with Crippen LogP contribution in [0.2, 0.25) is 0 Å². The molecule has 4 heterocycles. The molecule has 0 aromatic carbocycles. The number of hydrogen-bond acceptors (Lipinski definition) is 7. The first-order chi connectivity index (χ1) is 11.3. The maximum absolute atomic E-state index is 5.36. The van der Waals surface area contributed by atoms with Crippen LogP contribution in [0, 0.1) is 0 Å². The Morgan fingerprint density at radius 3 is 2.74 bits per heavy atom. The Kier molecular flexibility index (Phi) is 3.51. The van der Waals surface area contributed by atoms with Crippen molar-refractivity contribution in [2.75, 3.05) is 36.5 Å². The van der Waals surface area contributed by atoms with E-state index in [0.717, 1.165) is 54.7 Å². The molecule has 8 heteroatoms. The molecular weight excluding hydrogens is 294 g/mol. The molecule has 0 spiro atoms. The smallest absolute Gasteiger partial charge is 0.163 e. The van der Waals surface area contributed by atoms with Crippen molar-refractivity contribution in [2.45, 2.75) is 0 Å². The van der Waals surface area contributed by atoms with Crippen molar-refractivity contribution in [3.05, 3.63) is 30.9 Å². The van der Waals surface area contributed by atoms with E-state index in [2.05, 4.69) is 30.3 Å². The monoisotopic (exact) mass is 311 g/mol. The third-order valence-corrected chi connectivity index (χ3v) is 3.88. The lowest BCUT2D eigenvalue weighted by atomic mass is 10.3. The van der Waals surface area contributed by atoms with Gasteiger partial charge in [0.15, 0.2) is 5.65 Å². The van der Waals surface area contributed by atoms with Crippen molar-refractivity contribution in [2.24, 2.45) is 7.05 Å². The van der Waals surface area contributed by atoms with Crippen LogP contribution in [-0.4, -0.2) is 51.0 Å². The van der Waals surface area contributed by atoms with E-state index in [1.807, 2.05) is 25.4 Å². The van der Waals surface area contributed by atoms with Gasteiger partial charge in [0.1, 0.15) is 18.0 Å². The van der Waals surface area contributed by atoms with Crippen LogP contribution < -0.4 is 10.2 Å². The van der Waals surface area contributed by atoms with E-state index in [-0.39, 0.29) is 0 Å². The average molecular weight is 311 g/mol. The fraction of sp³-hybridized carbons (Fsp3) is 0.333. The number of anilines is 3. The lowest BCUT2D eigenvalue weighted by Gasteiger charge is -2.27. The van der Waals surface area contributed by atoms with Gasteiger partial charge in [0, 0.05) is 20.1 Å². The van der Waals surface area contributed by atoms with E-state index in [1.54, 1.807) is 10.9 Å². The SMILES string of the molecule is Cn1ncc2c(Nc3ccc(N4CCOCC4)nc3)ncnc21. The van der Waals surface area contributed by atoms with Crippen LogP contribution in [0.1, 0.15) is 0 Å². The van der Waals surface area contributed by atoms with Crippen LogP contribution in [0.25, 0.3) is 11.0 Å². The van der Waals surface area contributed by atoms with Gasteiger partial charge < -0.3 is 15.0 Å². The van der Waals surface area contributed by atoms with Crippen LogP contribution in [-0.2, 0) is 11.8 Å². The molecule has 0 atom stereocenters. The van der Waals surface area contributed by atoms with Gasteiger partial charge in [-0.3, -0.25) is 4.68 Å². The summed E-state index contributed by atoms with van der Waals surface area (Å²) in [5.41, 5.74) is 1.67. The minimum absolute atomic E-state index is 0.726. The summed E-state index contributed by atoms with van der Waals surface area (Å²) in [6.45, 7) is 3.26. The summed E-state index contributed by atoms with van der Waals surface area (Å²) in [4.78, 5) is 15.3. The molecule has 0 radical (unpaired) electrons. The molecule has 1 aliphatic heterocycles. The van der Waals surface area contributed by atoms with E-state index < -0.39 is 0 Å². The number of morpholine rings is 1. The first kappa shape index (κ1) is 13.9. The third-order valence-electron chi connectivity index (χ3n) is 3.88. The van der Waals surface area contributed by atoms with Gasteiger partial charge >= 0.3 is 0 Å². The Labute approximate surface area is 133 Å². The molecule has 8 nitrogen and oxygen atoms in total. The summed E-state index contributed by atoms with van der Waals surface area (Å²) in [7, 11) is 1.86. The number of hydrogen-bond donors (Lipinski definition) is 1. The lowest BCUT2D eigenvalue weighted by Crippen LogP contribution is -2.36. The second-order valence-corrected chi connectivity index (χ2v) is 5.36. The van der Waals surface area contributed by atoms with Crippen LogP contribution >= 0.6 is 0 Å². The highest BCUT2D eigenvalue weighted by atomic mass is 16.5. The van der Waals surface area contributed by atoms with Gasteiger partial charge in [-0.2, -0.15) is 5.10 Å². The average Bonchev–Trinajstić information content (AvgIpc) is 2.99. The molecule has 3 aromatic rings. The van der Waals surface area contributed by atoms with Crippen LogP contribution in [0.5, 0.6) is 0 Å². The summed E-state index contributed by atoms with van der Waals surface area (Å²) in [6.07, 6.45) is 5.10. The number of aromatic nitrogens is 5. The first-order valence-electron chi connectivity index (χ1n) is 7.50. The van der Waals surface area contributed by atoms with Gasteiger partial charge in [-0.25, -0.2) is 15.0 Å². The summed E-state index contributed by atoms with van der Waals surface area (Å²) < 4.78 is 7.09. The highest BCUT2D eigenvalue weighted by Crippen LogP contribution is 2.23. The maximum Gasteiger partial charge on any atom is 0.163 e. The van der Waals surface area contributed by atoms with Gasteiger partial charge in [-0.1, -0.05) is 0 Å². The molecule has 3 aromatic heterocycles. The number of fused-ring (bicyclic) bond motifs is 1. The first-order valence-corrected chi connectivity index (χ1v) is 7.50. The van der Waals surface area contributed by atoms with Gasteiger partial charge in [0.25, 0.3) is 0 Å². The molecule has 0 amide bonds. The summed E-state index contributed by atoms with van der Waals surface area (Å²) in [6, 6.07) is 4.01. The number of nitrogens with zero attached hydrogens (tertiary/aromatic N) is 6. The highest BCUT2D eigenvalue weighted by molar-refractivity contribution is 5.88. The molecule has 0 aliphatic carbocycles. The van der Waals surface area contributed by atoms with Gasteiger partial charge in [-0.05, 0) is 12.1 Å². The van der Waals surface area contributed by atoms with Crippen molar-refractivity contribution in [3.8, 4) is 0 Å². The largest absolute Gasteiger partial charge is 0.378 e.